The zero-order valence-corrected chi connectivity index (χ0v) is 19.2. The Hall–Kier alpha value is -4.84. The van der Waals surface area contributed by atoms with E-state index in [2.05, 4.69) is 12.1 Å². The minimum absolute atomic E-state index is 0.0112. The molecule has 35 heavy (non-hydrogen) atoms. The summed E-state index contributed by atoms with van der Waals surface area (Å²) in [4.78, 5) is 22.4. The average Bonchev–Trinajstić information content (AvgIpc) is 2.85. The molecule has 176 valence electrons. The third-order valence-electron chi connectivity index (χ3n) is 5.37. The zero-order chi connectivity index (χ0) is 25.4. The van der Waals surface area contributed by atoms with Crippen LogP contribution in [-0.4, -0.2) is 22.2 Å². The molecular weight excluding hydrogens is 440 g/mol. The molecule has 0 saturated heterocycles. The van der Waals surface area contributed by atoms with Gasteiger partial charge in [-0.25, -0.2) is 9.59 Å². The van der Waals surface area contributed by atoms with Crippen LogP contribution in [0.25, 0.3) is 23.3 Å². The summed E-state index contributed by atoms with van der Waals surface area (Å²) in [6.45, 7) is 1.51. The molecule has 0 unspecified atom stereocenters. The lowest BCUT2D eigenvalue weighted by atomic mass is 9.92. The number of anilines is 2. The van der Waals surface area contributed by atoms with Gasteiger partial charge in [0.05, 0.1) is 22.5 Å². The standard InChI is InChI=1S/C15H12O4.C14H14N2/c1-9-11(14(16)17)7-8-12(13(9)15(18)19)10-5-3-2-4-6-10;15-13-9-8-12(10-14(13)16)7-6-11-4-2-1-3-5-11/h2-8H,1H3,(H,16,17)(H,18,19);1-10H,15-16H2. The van der Waals surface area contributed by atoms with Crippen molar-refractivity contribution >= 4 is 35.5 Å². The fourth-order valence-electron chi connectivity index (χ4n) is 3.53. The molecule has 6 nitrogen and oxygen atoms in total. The number of nitrogens with two attached hydrogens (primary N) is 2. The predicted octanol–water partition coefficient (Wildman–Crippen LogP) is 6.08. The number of carbonyl (C=O) groups is 2. The van der Waals surface area contributed by atoms with Crippen LogP contribution in [-0.2, 0) is 0 Å². The smallest absolute Gasteiger partial charge is 0.336 e. The molecule has 4 rings (SSSR count). The van der Waals surface area contributed by atoms with E-state index in [1.54, 1.807) is 24.3 Å². The van der Waals surface area contributed by atoms with Crippen LogP contribution in [0.3, 0.4) is 0 Å². The maximum atomic E-state index is 11.4. The first-order valence-corrected chi connectivity index (χ1v) is 10.8. The topological polar surface area (TPSA) is 127 Å². The van der Waals surface area contributed by atoms with E-state index in [9.17, 15) is 14.7 Å². The van der Waals surface area contributed by atoms with Gasteiger partial charge in [0.15, 0.2) is 0 Å². The van der Waals surface area contributed by atoms with E-state index in [-0.39, 0.29) is 16.7 Å². The van der Waals surface area contributed by atoms with Crippen molar-refractivity contribution in [3.05, 3.63) is 119 Å². The van der Waals surface area contributed by atoms with E-state index >= 15 is 0 Å². The van der Waals surface area contributed by atoms with Crippen LogP contribution in [0.5, 0.6) is 0 Å². The summed E-state index contributed by atoms with van der Waals surface area (Å²) in [5.41, 5.74) is 16.4. The van der Waals surface area contributed by atoms with Gasteiger partial charge in [-0.2, -0.15) is 0 Å². The van der Waals surface area contributed by atoms with Crippen LogP contribution in [0.2, 0.25) is 0 Å². The van der Waals surface area contributed by atoms with Gasteiger partial charge >= 0.3 is 11.9 Å². The van der Waals surface area contributed by atoms with Crippen LogP contribution in [0.15, 0.2) is 91.0 Å². The van der Waals surface area contributed by atoms with Crippen molar-refractivity contribution in [2.24, 2.45) is 0 Å². The third-order valence-corrected chi connectivity index (χ3v) is 5.37. The maximum absolute atomic E-state index is 11.4. The lowest BCUT2D eigenvalue weighted by Gasteiger charge is -2.11. The fraction of sp³-hybridized carbons (Fsp3) is 0.0345. The molecule has 0 aliphatic rings. The van der Waals surface area contributed by atoms with Gasteiger partial charge < -0.3 is 21.7 Å². The van der Waals surface area contributed by atoms with Gasteiger partial charge in [0.25, 0.3) is 0 Å². The molecule has 0 aromatic heterocycles. The molecule has 4 aromatic rings. The predicted molar refractivity (Wildman–Crippen MR) is 141 cm³/mol. The zero-order valence-electron chi connectivity index (χ0n) is 19.2. The quantitative estimate of drug-likeness (QED) is 0.209. The van der Waals surface area contributed by atoms with E-state index in [0.717, 1.165) is 16.7 Å². The van der Waals surface area contributed by atoms with Crippen LogP contribution < -0.4 is 11.5 Å². The SMILES string of the molecule is Cc1c(C(=O)O)ccc(-c2ccccc2)c1C(=O)O.Nc1ccc(C=Cc2ccccc2)cc1N. The molecule has 0 saturated carbocycles. The first-order valence-electron chi connectivity index (χ1n) is 10.8. The highest BCUT2D eigenvalue weighted by Crippen LogP contribution is 2.28. The second kappa shape index (κ2) is 11.3. The van der Waals surface area contributed by atoms with Crippen molar-refractivity contribution in [1.82, 2.24) is 0 Å². The molecule has 0 amide bonds. The Kier molecular flexibility index (Phi) is 8.03. The van der Waals surface area contributed by atoms with Crippen molar-refractivity contribution in [2.45, 2.75) is 6.92 Å². The molecule has 0 aliphatic heterocycles. The normalized spacial score (nSPS) is 10.4. The Bertz CT molecular complexity index is 1360. The highest BCUT2D eigenvalue weighted by Gasteiger charge is 2.19. The Morgan fingerprint density at radius 1 is 0.686 bits per heavy atom. The number of aromatic carboxylic acids is 2. The number of carboxylic acid groups (broad SMARTS) is 2. The average molecular weight is 467 g/mol. The Balaban J connectivity index is 0.000000198. The van der Waals surface area contributed by atoms with Gasteiger partial charge in [0, 0.05) is 0 Å². The molecule has 0 fully saturated rings. The van der Waals surface area contributed by atoms with Gasteiger partial charge in [-0.15, -0.1) is 0 Å². The number of benzene rings is 4. The first kappa shape index (κ1) is 24.8. The largest absolute Gasteiger partial charge is 0.478 e. The Morgan fingerprint density at radius 2 is 1.29 bits per heavy atom. The van der Waals surface area contributed by atoms with Gasteiger partial charge in [0.2, 0.25) is 0 Å². The van der Waals surface area contributed by atoms with Crippen molar-refractivity contribution in [1.29, 1.82) is 0 Å². The lowest BCUT2D eigenvalue weighted by Crippen LogP contribution is -2.09. The number of nitrogen functional groups attached to an aromatic ring is 2. The molecule has 0 aliphatic carbocycles. The van der Waals surface area contributed by atoms with E-state index in [1.165, 1.54) is 19.1 Å². The van der Waals surface area contributed by atoms with E-state index in [4.69, 9.17) is 16.6 Å². The molecule has 6 heteroatoms. The summed E-state index contributed by atoms with van der Waals surface area (Å²) in [6, 6.07) is 27.8. The third kappa shape index (κ3) is 6.36. The van der Waals surface area contributed by atoms with E-state index < -0.39 is 11.9 Å². The van der Waals surface area contributed by atoms with Gasteiger partial charge in [-0.05, 0) is 52.9 Å². The van der Waals surface area contributed by atoms with Crippen molar-refractivity contribution < 1.29 is 19.8 Å². The number of hydrogen-bond donors (Lipinski definition) is 4. The second-order valence-corrected chi connectivity index (χ2v) is 7.77. The molecule has 0 atom stereocenters. The summed E-state index contributed by atoms with van der Waals surface area (Å²) in [5.74, 6) is -2.25. The minimum Gasteiger partial charge on any atom is -0.478 e. The van der Waals surface area contributed by atoms with Crippen LogP contribution in [0, 0.1) is 6.92 Å². The first-order chi connectivity index (χ1) is 16.8. The van der Waals surface area contributed by atoms with Crippen molar-refractivity contribution in [3.63, 3.8) is 0 Å². The molecule has 0 spiro atoms. The molecule has 0 radical (unpaired) electrons. The summed E-state index contributed by atoms with van der Waals surface area (Å²) in [6.07, 6.45) is 4.07. The Labute approximate surface area is 203 Å². The Morgan fingerprint density at radius 3 is 1.86 bits per heavy atom. The van der Waals surface area contributed by atoms with Crippen molar-refractivity contribution in [2.75, 3.05) is 11.5 Å². The van der Waals surface area contributed by atoms with E-state index in [1.807, 2.05) is 54.6 Å². The second-order valence-electron chi connectivity index (χ2n) is 7.77. The van der Waals surface area contributed by atoms with Crippen LogP contribution in [0.1, 0.15) is 37.4 Å². The summed E-state index contributed by atoms with van der Waals surface area (Å²) >= 11 is 0. The lowest BCUT2D eigenvalue weighted by molar-refractivity contribution is 0.0696. The number of hydrogen-bond acceptors (Lipinski definition) is 4. The van der Waals surface area contributed by atoms with Gasteiger partial charge in [-0.1, -0.05) is 84.9 Å². The highest BCUT2D eigenvalue weighted by molar-refractivity contribution is 6.02. The minimum atomic E-state index is -1.13. The monoisotopic (exact) mass is 466 g/mol. The number of carboxylic acids is 2. The van der Waals surface area contributed by atoms with Crippen molar-refractivity contribution in [3.8, 4) is 11.1 Å². The van der Waals surface area contributed by atoms with Gasteiger partial charge in [-0.3, -0.25) is 0 Å². The molecule has 0 heterocycles. The number of rotatable bonds is 5. The molecule has 0 bridgehead atoms. The van der Waals surface area contributed by atoms with E-state index in [0.29, 0.717) is 16.9 Å². The highest BCUT2D eigenvalue weighted by atomic mass is 16.4. The fourth-order valence-corrected chi connectivity index (χ4v) is 3.53. The van der Waals surface area contributed by atoms with Crippen LogP contribution in [0.4, 0.5) is 11.4 Å². The molecule has 4 aromatic carbocycles. The summed E-state index contributed by atoms with van der Waals surface area (Å²) in [7, 11) is 0. The van der Waals surface area contributed by atoms with Crippen LogP contribution >= 0.6 is 0 Å². The van der Waals surface area contributed by atoms with Gasteiger partial charge in [0.1, 0.15) is 0 Å². The molecular formula is C29H26N2O4. The summed E-state index contributed by atoms with van der Waals surface area (Å²) in [5, 5.41) is 18.4. The molecule has 6 N–H and O–H groups in total. The maximum Gasteiger partial charge on any atom is 0.336 e. The summed E-state index contributed by atoms with van der Waals surface area (Å²) < 4.78 is 0.